The van der Waals surface area contributed by atoms with Gasteiger partial charge in [-0.3, -0.25) is 4.90 Å². The predicted octanol–water partition coefficient (Wildman–Crippen LogP) is 4.53. The van der Waals surface area contributed by atoms with Gasteiger partial charge >= 0.3 is 0 Å². The van der Waals surface area contributed by atoms with Gasteiger partial charge in [0.1, 0.15) is 0 Å². The lowest BCUT2D eigenvalue weighted by Gasteiger charge is -2.33. The van der Waals surface area contributed by atoms with E-state index in [4.69, 9.17) is 4.11 Å². The Morgan fingerprint density at radius 2 is 1.74 bits per heavy atom. The summed E-state index contributed by atoms with van der Waals surface area (Å²) in [4.78, 5) is 3.84. The molecule has 1 saturated heterocycles. The standard InChI is InChI=1S/C21H24N2/c1-15-9-7-8-12-19(15)22-16(2)20-13-14-21(23(20)17(22)3)18-10-5-4-6-11-18/h4-14,16-17,20-21H,1-3H3/t16-,17?,20?,21?/m0/s1/i3D3,21D. The van der Waals surface area contributed by atoms with Crippen molar-refractivity contribution in [2.24, 2.45) is 0 Å². The van der Waals surface area contributed by atoms with Crippen LogP contribution in [-0.4, -0.2) is 23.1 Å². The van der Waals surface area contributed by atoms with Crippen LogP contribution in [0.2, 0.25) is 0 Å². The van der Waals surface area contributed by atoms with Gasteiger partial charge in [0, 0.05) is 15.8 Å². The van der Waals surface area contributed by atoms with Crippen LogP contribution < -0.4 is 4.90 Å². The van der Waals surface area contributed by atoms with Gasteiger partial charge in [-0.05, 0) is 37.9 Å². The van der Waals surface area contributed by atoms with E-state index in [0.717, 1.165) is 16.8 Å². The molecular formula is C21H24N2. The topological polar surface area (TPSA) is 6.48 Å². The van der Waals surface area contributed by atoms with Crippen LogP contribution in [0.1, 0.15) is 36.4 Å². The molecule has 23 heavy (non-hydrogen) atoms. The Hall–Kier alpha value is -2.06. The second-order valence-electron chi connectivity index (χ2n) is 6.32. The minimum absolute atomic E-state index is 0.0521. The zero-order chi connectivity index (χ0) is 19.4. The first-order valence-electron chi connectivity index (χ1n) is 10.1. The maximum atomic E-state index is 9.22. The average molecular weight is 308 g/mol. The Bertz CT molecular complexity index is 864. The molecule has 2 aliphatic rings. The van der Waals surface area contributed by atoms with Crippen LogP contribution in [0.25, 0.3) is 0 Å². The number of nitrogens with zero attached hydrogens (tertiary/aromatic N) is 2. The molecule has 2 aromatic rings. The molecule has 3 unspecified atom stereocenters. The van der Waals surface area contributed by atoms with E-state index in [1.807, 2.05) is 83.5 Å². The van der Waals surface area contributed by atoms with Gasteiger partial charge in [0.05, 0.1) is 19.6 Å². The van der Waals surface area contributed by atoms with Crippen LogP contribution in [0.4, 0.5) is 5.69 Å². The van der Waals surface area contributed by atoms with Crippen molar-refractivity contribution in [3.63, 3.8) is 0 Å². The molecule has 4 atom stereocenters. The van der Waals surface area contributed by atoms with E-state index in [1.165, 1.54) is 0 Å². The van der Waals surface area contributed by atoms with Gasteiger partial charge in [0.2, 0.25) is 0 Å². The summed E-state index contributed by atoms with van der Waals surface area (Å²) in [6.45, 7) is 1.80. The molecular weight excluding hydrogens is 280 g/mol. The Morgan fingerprint density at radius 1 is 1.00 bits per heavy atom. The number of aryl methyl sites for hydroxylation is 1. The van der Waals surface area contributed by atoms with Gasteiger partial charge in [0.15, 0.2) is 0 Å². The minimum Gasteiger partial charge on any atom is -0.351 e. The minimum atomic E-state index is -2.25. The van der Waals surface area contributed by atoms with Crippen molar-refractivity contribution >= 4 is 5.69 Å². The highest BCUT2D eigenvalue weighted by atomic mass is 15.5. The molecule has 0 amide bonds. The molecule has 118 valence electrons. The molecule has 0 N–H and O–H groups in total. The van der Waals surface area contributed by atoms with Gasteiger partial charge in [-0.25, -0.2) is 0 Å². The number of fused-ring (bicyclic) bond motifs is 1. The van der Waals surface area contributed by atoms with E-state index in [0.29, 0.717) is 0 Å². The fourth-order valence-electron chi connectivity index (χ4n) is 3.80. The van der Waals surface area contributed by atoms with E-state index in [1.54, 1.807) is 0 Å². The number of hydrogen-bond donors (Lipinski definition) is 0. The third-order valence-corrected chi connectivity index (χ3v) is 4.97. The number of anilines is 1. The van der Waals surface area contributed by atoms with Crippen LogP contribution in [0, 0.1) is 6.92 Å². The smallest absolute Gasteiger partial charge is 0.0809 e. The van der Waals surface area contributed by atoms with Crippen molar-refractivity contribution < 1.29 is 5.48 Å². The summed E-state index contributed by atoms with van der Waals surface area (Å²) in [5.41, 5.74) is 2.75. The second-order valence-corrected chi connectivity index (χ2v) is 6.32. The maximum Gasteiger partial charge on any atom is 0.0809 e. The fourth-order valence-corrected chi connectivity index (χ4v) is 3.80. The van der Waals surface area contributed by atoms with E-state index < -0.39 is 19.0 Å². The van der Waals surface area contributed by atoms with E-state index in [9.17, 15) is 1.37 Å². The van der Waals surface area contributed by atoms with Crippen molar-refractivity contribution in [2.75, 3.05) is 4.90 Å². The van der Waals surface area contributed by atoms with Crippen LogP contribution in [0.5, 0.6) is 0 Å². The van der Waals surface area contributed by atoms with E-state index in [-0.39, 0.29) is 12.1 Å². The van der Waals surface area contributed by atoms with Crippen LogP contribution in [0.3, 0.4) is 0 Å². The highest BCUT2D eigenvalue weighted by molar-refractivity contribution is 5.57. The molecule has 2 aromatic carbocycles. The van der Waals surface area contributed by atoms with Gasteiger partial charge in [-0.1, -0.05) is 60.7 Å². The lowest BCUT2D eigenvalue weighted by molar-refractivity contribution is 0.206. The van der Waals surface area contributed by atoms with Crippen molar-refractivity contribution in [3.05, 3.63) is 77.9 Å². The van der Waals surface area contributed by atoms with Gasteiger partial charge < -0.3 is 4.90 Å². The van der Waals surface area contributed by atoms with Crippen LogP contribution in [0.15, 0.2) is 66.7 Å². The molecule has 2 heteroatoms. The Labute approximate surface area is 144 Å². The third-order valence-electron chi connectivity index (χ3n) is 4.97. The lowest BCUT2D eigenvalue weighted by Crippen LogP contribution is -2.39. The molecule has 2 heterocycles. The summed E-state index contributed by atoms with van der Waals surface area (Å²) in [6.07, 6.45) is 2.98. The third kappa shape index (κ3) is 2.21. The molecule has 0 bridgehead atoms. The lowest BCUT2D eigenvalue weighted by atomic mass is 10.1. The molecule has 2 nitrogen and oxygen atoms in total. The number of benzene rings is 2. The molecule has 1 fully saturated rings. The fraction of sp³-hybridized carbons (Fsp3) is 0.333. The first-order chi connectivity index (χ1) is 12.7. The van der Waals surface area contributed by atoms with Crippen molar-refractivity contribution in [1.82, 2.24) is 4.90 Å². The SMILES string of the molecule is [2H]C([2H])([2H])C1N(c2ccccc2C)[C@@H](C)C2C=CC([2H])(c3ccccc3)N21. The normalized spacial score (nSPS) is 36.3. The quantitative estimate of drug-likeness (QED) is 0.752. The summed E-state index contributed by atoms with van der Waals surface area (Å²) in [5, 5.41) is 0. The molecule has 0 saturated carbocycles. The second kappa shape index (κ2) is 5.54. The van der Waals surface area contributed by atoms with E-state index >= 15 is 0 Å². The maximum absolute atomic E-state index is 9.22. The molecule has 2 aliphatic heterocycles. The first-order valence-corrected chi connectivity index (χ1v) is 8.12. The van der Waals surface area contributed by atoms with Crippen LogP contribution >= 0.6 is 0 Å². The largest absolute Gasteiger partial charge is 0.351 e. The van der Waals surface area contributed by atoms with Crippen molar-refractivity contribution in [2.45, 2.75) is 45.0 Å². The van der Waals surface area contributed by atoms with Gasteiger partial charge in [-0.2, -0.15) is 0 Å². The van der Waals surface area contributed by atoms with E-state index in [2.05, 4.69) is 6.92 Å². The Morgan fingerprint density at radius 3 is 2.48 bits per heavy atom. The van der Waals surface area contributed by atoms with Crippen molar-refractivity contribution in [3.8, 4) is 0 Å². The predicted molar refractivity (Wildman–Crippen MR) is 96.5 cm³/mol. The molecule has 0 aromatic heterocycles. The number of hydrogen-bond acceptors (Lipinski definition) is 2. The average Bonchev–Trinajstić information content (AvgIpc) is 3.13. The van der Waals surface area contributed by atoms with Crippen LogP contribution in [-0.2, 0) is 0 Å². The molecule has 0 aliphatic carbocycles. The van der Waals surface area contributed by atoms with Gasteiger partial charge in [0.25, 0.3) is 0 Å². The van der Waals surface area contributed by atoms with Crippen molar-refractivity contribution in [1.29, 1.82) is 0 Å². The highest BCUT2D eigenvalue weighted by Gasteiger charge is 2.47. The Balaban J connectivity index is 1.87. The molecule has 0 spiro atoms. The van der Waals surface area contributed by atoms with Gasteiger partial charge in [-0.15, -0.1) is 0 Å². The first kappa shape index (κ1) is 10.7. The summed E-state index contributed by atoms with van der Waals surface area (Å²) in [6, 6.07) is 16.0. The zero-order valence-corrected chi connectivity index (χ0v) is 13.5. The molecule has 0 radical (unpaired) electrons. The number of rotatable bonds is 2. The summed E-state index contributed by atoms with van der Waals surface area (Å²) in [5.74, 6) is 0. The highest BCUT2D eigenvalue weighted by Crippen LogP contribution is 2.43. The summed E-state index contributed by atoms with van der Waals surface area (Å²) in [7, 11) is 0. The molecule has 4 rings (SSSR count). The number of para-hydroxylation sites is 1. The summed E-state index contributed by atoms with van der Waals surface area (Å²) < 4.78 is 34.1. The monoisotopic (exact) mass is 308 g/mol. The zero-order valence-electron chi connectivity index (χ0n) is 17.5. The summed E-state index contributed by atoms with van der Waals surface area (Å²) >= 11 is 0. The Kier molecular flexibility index (Phi) is 2.57.